The van der Waals surface area contributed by atoms with E-state index < -0.39 is 0 Å². The quantitative estimate of drug-likeness (QED) is 0.482. The van der Waals surface area contributed by atoms with Gasteiger partial charge in [0, 0.05) is 13.2 Å². The van der Waals surface area contributed by atoms with Gasteiger partial charge in [0.2, 0.25) is 0 Å². The van der Waals surface area contributed by atoms with Gasteiger partial charge in [0.25, 0.3) is 0 Å². The highest BCUT2D eigenvalue weighted by molar-refractivity contribution is 4.97. The molecule has 0 unspecified atom stereocenters. The van der Waals surface area contributed by atoms with Crippen LogP contribution in [0.25, 0.3) is 0 Å². The molecule has 0 heterocycles. The van der Waals surface area contributed by atoms with E-state index in [0.29, 0.717) is 0 Å². The van der Waals surface area contributed by atoms with Gasteiger partial charge in [-0.05, 0) is 25.2 Å². The number of aliphatic hydroxyl groups excluding tert-OH is 1. The van der Waals surface area contributed by atoms with Gasteiger partial charge in [-0.1, -0.05) is 19.8 Å². The number of rotatable bonds is 6. The molecule has 0 aromatic carbocycles. The summed E-state index contributed by atoms with van der Waals surface area (Å²) in [6.45, 7) is 8.27. The fourth-order valence-electron chi connectivity index (χ4n) is 1.20. The lowest BCUT2D eigenvalue weighted by Gasteiger charge is -2.24. The lowest BCUT2D eigenvalue weighted by atomic mass is 9.88. The molecule has 0 aromatic rings. The van der Waals surface area contributed by atoms with Gasteiger partial charge < -0.3 is 10.4 Å². The molecule has 0 atom stereocenters. The van der Waals surface area contributed by atoms with Crippen molar-refractivity contribution >= 4 is 0 Å². The Kier molecular flexibility index (Phi) is 6.66. The molecule has 0 aliphatic rings. The molecule has 0 bridgehead atoms. The lowest BCUT2D eigenvalue weighted by molar-refractivity contribution is 0.238. The van der Waals surface area contributed by atoms with Gasteiger partial charge >= 0.3 is 0 Å². The Hall–Kier alpha value is -0.520. The van der Waals surface area contributed by atoms with Gasteiger partial charge in [-0.2, -0.15) is 0 Å². The highest BCUT2D eigenvalue weighted by Crippen LogP contribution is 2.20. The monoisotopic (exact) mass is 183 g/mol. The minimum atomic E-state index is 0.262. The van der Waals surface area contributed by atoms with E-state index in [1.807, 2.05) is 6.92 Å². The van der Waals surface area contributed by atoms with Gasteiger partial charge in [-0.25, -0.2) is 0 Å². The molecule has 0 aliphatic carbocycles. The van der Waals surface area contributed by atoms with Crippen LogP contribution < -0.4 is 5.32 Å². The average molecular weight is 183 g/mol. The fraction of sp³-hybridized carbons (Fsp3) is 0.818. The first-order chi connectivity index (χ1) is 6.12. The van der Waals surface area contributed by atoms with Crippen LogP contribution in [0.4, 0.5) is 0 Å². The molecule has 0 radical (unpaired) electrons. The third kappa shape index (κ3) is 7.83. The maximum absolute atomic E-state index is 8.70. The van der Waals surface area contributed by atoms with E-state index >= 15 is 0 Å². The SMILES string of the molecule is CC#CCNCC(C)(C)CCCO. The Morgan fingerprint density at radius 2 is 2.08 bits per heavy atom. The number of hydrogen-bond donors (Lipinski definition) is 2. The van der Waals surface area contributed by atoms with Gasteiger partial charge in [-0.15, -0.1) is 5.92 Å². The molecule has 2 nitrogen and oxygen atoms in total. The van der Waals surface area contributed by atoms with Crippen molar-refractivity contribution in [3.05, 3.63) is 0 Å². The maximum atomic E-state index is 8.70. The Labute approximate surface area is 81.7 Å². The Morgan fingerprint density at radius 1 is 1.38 bits per heavy atom. The summed E-state index contributed by atoms with van der Waals surface area (Å²) in [4.78, 5) is 0. The van der Waals surface area contributed by atoms with Crippen molar-refractivity contribution in [2.45, 2.75) is 33.6 Å². The van der Waals surface area contributed by atoms with Gasteiger partial charge in [0.05, 0.1) is 6.54 Å². The molecule has 0 fully saturated rings. The van der Waals surface area contributed by atoms with Crippen LogP contribution in [0.1, 0.15) is 33.6 Å². The van der Waals surface area contributed by atoms with E-state index in [1.165, 1.54) is 0 Å². The molecule has 0 amide bonds. The highest BCUT2D eigenvalue weighted by atomic mass is 16.2. The van der Waals surface area contributed by atoms with Crippen LogP contribution in [0.15, 0.2) is 0 Å². The van der Waals surface area contributed by atoms with E-state index in [-0.39, 0.29) is 12.0 Å². The number of hydrogen-bond acceptors (Lipinski definition) is 2. The topological polar surface area (TPSA) is 32.3 Å². The van der Waals surface area contributed by atoms with Crippen molar-refractivity contribution in [3.63, 3.8) is 0 Å². The summed E-state index contributed by atoms with van der Waals surface area (Å²) in [5, 5.41) is 12.0. The zero-order chi connectivity index (χ0) is 10.2. The lowest BCUT2D eigenvalue weighted by Crippen LogP contribution is -2.29. The molecule has 0 aliphatic heterocycles. The average Bonchev–Trinajstić information content (AvgIpc) is 2.09. The first-order valence-electron chi connectivity index (χ1n) is 4.83. The van der Waals surface area contributed by atoms with E-state index in [0.717, 1.165) is 25.9 Å². The van der Waals surface area contributed by atoms with Crippen LogP contribution >= 0.6 is 0 Å². The predicted molar refractivity (Wildman–Crippen MR) is 56.4 cm³/mol. The van der Waals surface area contributed by atoms with Crippen LogP contribution in [0.3, 0.4) is 0 Å². The molecule has 0 saturated heterocycles. The summed E-state index contributed by atoms with van der Waals surface area (Å²) < 4.78 is 0. The minimum absolute atomic E-state index is 0.262. The second kappa shape index (κ2) is 6.94. The van der Waals surface area contributed by atoms with Crippen molar-refractivity contribution in [1.82, 2.24) is 5.32 Å². The first-order valence-corrected chi connectivity index (χ1v) is 4.83. The predicted octanol–water partition coefficient (Wildman–Crippen LogP) is 1.40. The van der Waals surface area contributed by atoms with Gasteiger partial charge in [0.1, 0.15) is 0 Å². The van der Waals surface area contributed by atoms with Crippen LogP contribution in [-0.4, -0.2) is 24.8 Å². The highest BCUT2D eigenvalue weighted by Gasteiger charge is 2.15. The zero-order valence-corrected chi connectivity index (χ0v) is 8.98. The zero-order valence-electron chi connectivity index (χ0n) is 8.98. The van der Waals surface area contributed by atoms with Crippen molar-refractivity contribution in [2.75, 3.05) is 19.7 Å². The second-order valence-electron chi connectivity index (χ2n) is 4.02. The third-order valence-corrected chi connectivity index (χ3v) is 2.01. The molecule has 0 aromatic heterocycles. The Balaban J connectivity index is 3.53. The van der Waals surface area contributed by atoms with Crippen molar-refractivity contribution in [2.24, 2.45) is 5.41 Å². The van der Waals surface area contributed by atoms with Crippen LogP contribution in [-0.2, 0) is 0 Å². The van der Waals surface area contributed by atoms with E-state index in [2.05, 4.69) is 31.0 Å². The molecule has 13 heavy (non-hydrogen) atoms. The van der Waals surface area contributed by atoms with E-state index in [9.17, 15) is 0 Å². The molecular weight excluding hydrogens is 162 g/mol. The minimum Gasteiger partial charge on any atom is -0.396 e. The summed E-state index contributed by atoms with van der Waals surface area (Å²) in [6, 6.07) is 0. The molecule has 76 valence electrons. The van der Waals surface area contributed by atoms with E-state index in [1.54, 1.807) is 0 Å². The van der Waals surface area contributed by atoms with Crippen LogP contribution in [0.2, 0.25) is 0 Å². The molecule has 0 spiro atoms. The van der Waals surface area contributed by atoms with Gasteiger partial charge in [0.15, 0.2) is 0 Å². The number of aliphatic hydroxyl groups is 1. The van der Waals surface area contributed by atoms with Crippen LogP contribution in [0, 0.1) is 17.3 Å². The van der Waals surface area contributed by atoms with Crippen molar-refractivity contribution < 1.29 is 5.11 Å². The second-order valence-corrected chi connectivity index (χ2v) is 4.02. The third-order valence-electron chi connectivity index (χ3n) is 2.01. The summed E-state index contributed by atoms with van der Waals surface area (Å²) in [5.74, 6) is 5.81. The largest absolute Gasteiger partial charge is 0.396 e. The normalized spacial score (nSPS) is 10.8. The first kappa shape index (κ1) is 12.5. The van der Waals surface area contributed by atoms with E-state index in [4.69, 9.17) is 5.11 Å². The van der Waals surface area contributed by atoms with Gasteiger partial charge in [-0.3, -0.25) is 0 Å². The Morgan fingerprint density at radius 3 is 2.62 bits per heavy atom. The summed E-state index contributed by atoms with van der Waals surface area (Å²) >= 11 is 0. The van der Waals surface area contributed by atoms with Crippen LogP contribution in [0.5, 0.6) is 0 Å². The molecule has 2 heteroatoms. The molecule has 0 saturated carbocycles. The summed E-state index contributed by atoms with van der Waals surface area (Å²) in [6.07, 6.45) is 1.93. The molecular formula is C11H21NO. The number of nitrogens with one attached hydrogen (secondary N) is 1. The maximum Gasteiger partial charge on any atom is 0.0576 e. The van der Waals surface area contributed by atoms with Crippen molar-refractivity contribution in [1.29, 1.82) is 0 Å². The summed E-state index contributed by atoms with van der Waals surface area (Å²) in [7, 11) is 0. The summed E-state index contributed by atoms with van der Waals surface area (Å²) in [5.41, 5.74) is 0.262. The standard InChI is InChI=1S/C11H21NO/c1-4-5-8-12-10-11(2,3)7-6-9-13/h12-13H,6-10H2,1-3H3. The Bertz CT molecular complexity index is 176. The molecule has 2 N–H and O–H groups in total. The fourth-order valence-corrected chi connectivity index (χ4v) is 1.20. The smallest absolute Gasteiger partial charge is 0.0576 e. The van der Waals surface area contributed by atoms with Crippen molar-refractivity contribution in [3.8, 4) is 11.8 Å². The molecule has 0 rings (SSSR count).